The van der Waals surface area contributed by atoms with E-state index in [1.54, 1.807) is 19.2 Å². The van der Waals surface area contributed by atoms with Crippen molar-refractivity contribution in [2.75, 3.05) is 23.7 Å². The highest BCUT2D eigenvalue weighted by atomic mass is 35.5. The summed E-state index contributed by atoms with van der Waals surface area (Å²) in [7, 11) is -2.09. The number of benzene rings is 2. The highest BCUT2D eigenvalue weighted by Crippen LogP contribution is 2.40. The Balaban J connectivity index is 2.32. The van der Waals surface area contributed by atoms with Gasteiger partial charge in [0.15, 0.2) is 0 Å². The molecule has 0 aliphatic carbocycles. The van der Waals surface area contributed by atoms with Gasteiger partial charge in [0.1, 0.15) is 0 Å². The molecule has 2 aromatic carbocycles. The third-order valence-electron chi connectivity index (χ3n) is 3.97. The Kier molecular flexibility index (Phi) is 4.60. The van der Waals surface area contributed by atoms with E-state index >= 15 is 0 Å². The van der Waals surface area contributed by atoms with Crippen LogP contribution in [0, 0.1) is 0 Å². The number of halogens is 1. The van der Waals surface area contributed by atoms with Gasteiger partial charge in [-0.1, -0.05) is 35.9 Å². The molecule has 3 rings (SSSR count). The minimum atomic E-state index is -3.66. The predicted molar refractivity (Wildman–Crippen MR) is 97.2 cm³/mol. The number of anilines is 1. The van der Waals surface area contributed by atoms with E-state index in [2.05, 4.69) is 17.9 Å². The van der Waals surface area contributed by atoms with Gasteiger partial charge in [-0.05, 0) is 29.3 Å². The number of rotatable bonds is 3. The molecule has 1 aliphatic rings. The third kappa shape index (κ3) is 2.85. The zero-order valence-electron chi connectivity index (χ0n) is 12.5. The van der Waals surface area contributed by atoms with Gasteiger partial charge in [0.05, 0.1) is 16.6 Å². The van der Waals surface area contributed by atoms with Crippen molar-refractivity contribution in [3.05, 3.63) is 58.6 Å². The summed E-state index contributed by atoms with van der Waals surface area (Å²) in [5.74, 6) is 0.657. The standard InChI is InChI=1S/C16H17ClN2O2S2/c1-19-14-5-3-2-4-12(14)16(18-8-9-22)13-7-6-11(17)10-15(13)23(19,20)21/h2-7,10,16,18,22H,8-9H2,1H3. The normalized spacial score (nSPS) is 18.9. The van der Waals surface area contributed by atoms with E-state index in [0.29, 0.717) is 28.6 Å². The number of nitrogens with zero attached hydrogens (tertiary/aromatic N) is 1. The van der Waals surface area contributed by atoms with Crippen LogP contribution in [0.25, 0.3) is 0 Å². The first-order chi connectivity index (χ1) is 11.0. The van der Waals surface area contributed by atoms with Crippen LogP contribution in [0.1, 0.15) is 17.2 Å². The van der Waals surface area contributed by atoms with Gasteiger partial charge in [-0.2, -0.15) is 12.6 Å². The first kappa shape index (κ1) is 16.6. The van der Waals surface area contributed by atoms with E-state index < -0.39 is 10.0 Å². The molecule has 0 saturated carbocycles. The SMILES string of the molecule is CN1c2ccccc2C(NCCS)c2ccc(Cl)cc2S1(=O)=O. The number of para-hydroxylation sites is 1. The lowest BCUT2D eigenvalue weighted by Crippen LogP contribution is -2.26. The molecular weight excluding hydrogens is 352 g/mol. The Hall–Kier alpha value is -1.21. The number of nitrogens with one attached hydrogen (secondary N) is 1. The summed E-state index contributed by atoms with van der Waals surface area (Å²) in [4.78, 5) is 0.236. The molecule has 0 radical (unpaired) electrons. The highest BCUT2D eigenvalue weighted by molar-refractivity contribution is 7.92. The predicted octanol–water partition coefficient (Wildman–Crippen LogP) is 3.09. The lowest BCUT2D eigenvalue weighted by Gasteiger charge is -2.21. The molecular formula is C16H17ClN2O2S2. The average molecular weight is 369 g/mol. The maximum atomic E-state index is 13.0. The Morgan fingerprint density at radius 2 is 1.96 bits per heavy atom. The van der Waals surface area contributed by atoms with Crippen molar-refractivity contribution in [1.29, 1.82) is 0 Å². The molecule has 2 aromatic rings. The first-order valence-corrected chi connectivity index (χ1v) is 9.63. The van der Waals surface area contributed by atoms with Gasteiger partial charge in [0, 0.05) is 24.4 Å². The minimum Gasteiger partial charge on any atom is -0.305 e. The zero-order valence-corrected chi connectivity index (χ0v) is 15.0. The van der Waals surface area contributed by atoms with Gasteiger partial charge in [0.2, 0.25) is 0 Å². The van der Waals surface area contributed by atoms with Gasteiger partial charge < -0.3 is 5.32 Å². The van der Waals surface area contributed by atoms with E-state index in [4.69, 9.17) is 11.6 Å². The van der Waals surface area contributed by atoms with Crippen molar-refractivity contribution in [3.8, 4) is 0 Å². The maximum Gasteiger partial charge on any atom is 0.264 e. The number of fused-ring (bicyclic) bond motifs is 2. The van der Waals surface area contributed by atoms with Gasteiger partial charge in [-0.15, -0.1) is 0 Å². The molecule has 7 heteroatoms. The third-order valence-corrected chi connectivity index (χ3v) is 6.26. The second-order valence-corrected chi connectivity index (χ2v) is 8.15. The van der Waals surface area contributed by atoms with Crippen LogP contribution in [0.5, 0.6) is 0 Å². The van der Waals surface area contributed by atoms with Gasteiger partial charge >= 0.3 is 0 Å². The molecule has 1 N–H and O–H groups in total. The maximum absolute atomic E-state index is 13.0. The second-order valence-electron chi connectivity index (χ2n) is 5.32. The van der Waals surface area contributed by atoms with Crippen molar-refractivity contribution < 1.29 is 8.42 Å². The van der Waals surface area contributed by atoms with Crippen LogP contribution < -0.4 is 9.62 Å². The lowest BCUT2D eigenvalue weighted by atomic mass is 9.97. The van der Waals surface area contributed by atoms with E-state index in [-0.39, 0.29) is 10.9 Å². The molecule has 23 heavy (non-hydrogen) atoms. The van der Waals surface area contributed by atoms with Crippen molar-refractivity contribution in [1.82, 2.24) is 5.32 Å². The summed E-state index contributed by atoms with van der Waals surface area (Å²) in [5, 5.41) is 3.79. The largest absolute Gasteiger partial charge is 0.305 e. The molecule has 1 unspecified atom stereocenters. The van der Waals surface area contributed by atoms with Crippen molar-refractivity contribution in [3.63, 3.8) is 0 Å². The molecule has 122 valence electrons. The molecule has 0 aromatic heterocycles. The molecule has 1 atom stereocenters. The van der Waals surface area contributed by atoms with Crippen LogP contribution >= 0.6 is 24.2 Å². The minimum absolute atomic E-state index is 0.231. The summed E-state index contributed by atoms with van der Waals surface area (Å²) in [6.07, 6.45) is 0. The van der Waals surface area contributed by atoms with E-state index in [1.807, 2.05) is 24.3 Å². The number of hydrogen-bond donors (Lipinski definition) is 2. The molecule has 0 fully saturated rings. The fourth-order valence-corrected chi connectivity index (χ4v) is 4.71. The summed E-state index contributed by atoms with van der Waals surface area (Å²) < 4.78 is 27.3. The van der Waals surface area contributed by atoms with Gasteiger partial charge in [-0.25, -0.2) is 8.42 Å². The fraction of sp³-hybridized carbons (Fsp3) is 0.250. The summed E-state index contributed by atoms with van der Waals surface area (Å²) in [6.45, 7) is 0.661. The number of hydrogen-bond acceptors (Lipinski definition) is 4. The molecule has 0 amide bonds. The van der Waals surface area contributed by atoms with Crippen LogP contribution in [-0.2, 0) is 10.0 Å². The van der Waals surface area contributed by atoms with Crippen molar-refractivity contribution >= 4 is 39.9 Å². The van der Waals surface area contributed by atoms with Crippen LogP contribution in [0.3, 0.4) is 0 Å². The fourth-order valence-electron chi connectivity index (χ4n) is 2.86. The van der Waals surface area contributed by atoms with Crippen LogP contribution in [0.15, 0.2) is 47.4 Å². The van der Waals surface area contributed by atoms with Crippen molar-refractivity contribution in [2.24, 2.45) is 0 Å². The monoisotopic (exact) mass is 368 g/mol. The Morgan fingerprint density at radius 1 is 1.22 bits per heavy atom. The van der Waals surface area contributed by atoms with Gasteiger partial charge in [0.25, 0.3) is 10.0 Å². The topological polar surface area (TPSA) is 49.4 Å². The van der Waals surface area contributed by atoms with Crippen molar-refractivity contribution in [2.45, 2.75) is 10.9 Å². The smallest absolute Gasteiger partial charge is 0.264 e. The average Bonchev–Trinajstić information content (AvgIpc) is 2.61. The van der Waals surface area contributed by atoms with Gasteiger partial charge in [-0.3, -0.25) is 4.31 Å². The Labute approximate surface area is 146 Å². The summed E-state index contributed by atoms with van der Waals surface area (Å²) in [5.41, 5.74) is 2.28. The zero-order chi connectivity index (χ0) is 16.6. The molecule has 0 spiro atoms. The molecule has 0 saturated heterocycles. The highest BCUT2D eigenvalue weighted by Gasteiger charge is 2.34. The number of thiol groups is 1. The van der Waals surface area contributed by atoms with E-state index in [9.17, 15) is 8.42 Å². The number of sulfonamides is 1. The molecule has 4 nitrogen and oxygen atoms in total. The molecule has 1 heterocycles. The summed E-state index contributed by atoms with van der Waals surface area (Å²) in [6, 6.07) is 12.3. The Bertz CT molecular complexity index is 840. The molecule has 1 aliphatic heterocycles. The van der Waals surface area contributed by atoms with E-state index in [0.717, 1.165) is 5.56 Å². The summed E-state index contributed by atoms with van der Waals surface area (Å²) >= 11 is 10.3. The Morgan fingerprint density at radius 3 is 2.70 bits per heavy atom. The second kappa shape index (κ2) is 6.36. The first-order valence-electron chi connectivity index (χ1n) is 7.18. The van der Waals surface area contributed by atoms with Crippen LogP contribution in [0.2, 0.25) is 5.02 Å². The molecule has 0 bridgehead atoms. The van der Waals surface area contributed by atoms with Crippen LogP contribution in [0.4, 0.5) is 5.69 Å². The van der Waals surface area contributed by atoms with Crippen LogP contribution in [-0.4, -0.2) is 27.8 Å². The quantitative estimate of drug-likeness (QED) is 0.818. The lowest BCUT2D eigenvalue weighted by molar-refractivity contribution is 0.590. The van der Waals surface area contributed by atoms with E-state index in [1.165, 1.54) is 10.4 Å².